The van der Waals surface area contributed by atoms with E-state index >= 15 is 0 Å². The van der Waals surface area contributed by atoms with Crippen molar-refractivity contribution >= 4 is 0 Å². The van der Waals surface area contributed by atoms with Gasteiger partial charge in [0.15, 0.2) is 0 Å². The summed E-state index contributed by atoms with van der Waals surface area (Å²) in [6.45, 7) is 12.5. The first-order chi connectivity index (χ1) is 7.72. The number of hydrogen-bond donors (Lipinski definition) is 1. The Labute approximate surface area is 101 Å². The summed E-state index contributed by atoms with van der Waals surface area (Å²) in [5, 5.41) is 3.71. The molecule has 0 saturated carbocycles. The maximum atomic E-state index is 3.71. The smallest absolute Gasteiger partial charge is 0.0222 e. The van der Waals surface area contributed by atoms with Gasteiger partial charge < -0.3 is 5.32 Å². The lowest BCUT2D eigenvalue weighted by Gasteiger charge is -2.41. The highest BCUT2D eigenvalue weighted by Gasteiger charge is 2.28. The van der Waals surface area contributed by atoms with Crippen molar-refractivity contribution in [1.82, 2.24) is 10.2 Å². The second-order valence-corrected chi connectivity index (χ2v) is 4.99. The number of nitrogens with zero attached hydrogens (tertiary/aromatic N) is 1. The Bertz CT molecular complexity index is 213. The van der Waals surface area contributed by atoms with Gasteiger partial charge in [0, 0.05) is 31.7 Å². The molecule has 1 aliphatic heterocycles. The van der Waals surface area contributed by atoms with Gasteiger partial charge in [-0.25, -0.2) is 0 Å². The first-order valence-corrected chi connectivity index (χ1v) is 6.81. The van der Waals surface area contributed by atoms with Crippen molar-refractivity contribution in [3.05, 3.63) is 12.2 Å². The quantitative estimate of drug-likeness (QED) is 0.722. The SMILES string of the molecule is C/C=C/CN1CC(C(C)CC)NCC1CC. The summed E-state index contributed by atoms with van der Waals surface area (Å²) in [6.07, 6.45) is 6.96. The van der Waals surface area contributed by atoms with Crippen LogP contribution in [0, 0.1) is 5.92 Å². The third-order valence-electron chi connectivity index (χ3n) is 3.94. The van der Waals surface area contributed by atoms with E-state index in [9.17, 15) is 0 Å². The lowest BCUT2D eigenvalue weighted by Crippen LogP contribution is -2.58. The van der Waals surface area contributed by atoms with E-state index in [0.717, 1.165) is 25.0 Å². The molecule has 94 valence electrons. The molecule has 1 N–H and O–H groups in total. The van der Waals surface area contributed by atoms with Gasteiger partial charge in [-0.2, -0.15) is 0 Å². The molecule has 0 radical (unpaired) electrons. The number of allylic oxidation sites excluding steroid dienone is 1. The fourth-order valence-corrected chi connectivity index (χ4v) is 2.42. The van der Waals surface area contributed by atoms with Crippen LogP contribution in [0.1, 0.15) is 40.5 Å². The van der Waals surface area contributed by atoms with Crippen molar-refractivity contribution in [2.24, 2.45) is 5.92 Å². The van der Waals surface area contributed by atoms with Gasteiger partial charge in [0.25, 0.3) is 0 Å². The fourth-order valence-electron chi connectivity index (χ4n) is 2.42. The molecule has 0 aromatic rings. The molecule has 1 rings (SSSR count). The van der Waals surface area contributed by atoms with E-state index < -0.39 is 0 Å². The summed E-state index contributed by atoms with van der Waals surface area (Å²) in [6, 6.07) is 1.40. The summed E-state index contributed by atoms with van der Waals surface area (Å²) in [4.78, 5) is 2.63. The van der Waals surface area contributed by atoms with Gasteiger partial charge in [-0.05, 0) is 19.3 Å². The summed E-state index contributed by atoms with van der Waals surface area (Å²) >= 11 is 0. The lowest BCUT2D eigenvalue weighted by molar-refractivity contribution is 0.119. The number of rotatable bonds is 5. The normalized spacial score (nSPS) is 29.8. The average Bonchev–Trinajstić information content (AvgIpc) is 2.34. The minimum absolute atomic E-state index is 0.679. The van der Waals surface area contributed by atoms with E-state index in [-0.39, 0.29) is 0 Å². The van der Waals surface area contributed by atoms with E-state index in [0.29, 0.717) is 6.04 Å². The molecule has 16 heavy (non-hydrogen) atoms. The van der Waals surface area contributed by atoms with Crippen LogP contribution in [-0.2, 0) is 0 Å². The van der Waals surface area contributed by atoms with E-state index in [1.54, 1.807) is 0 Å². The van der Waals surface area contributed by atoms with Crippen LogP contribution in [-0.4, -0.2) is 36.6 Å². The van der Waals surface area contributed by atoms with Crippen molar-refractivity contribution in [3.8, 4) is 0 Å². The summed E-state index contributed by atoms with van der Waals surface area (Å²) in [5.41, 5.74) is 0. The van der Waals surface area contributed by atoms with Crippen LogP contribution in [0.2, 0.25) is 0 Å². The monoisotopic (exact) mass is 224 g/mol. The zero-order chi connectivity index (χ0) is 12.0. The van der Waals surface area contributed by atoms with Gasteiger partial charge in [0.05, 0.1) is 0 Å². The van der Waals surface area contributed by atoms with Crippen LogP contribution >= 0.6 is 0 Å². The van der Waals surface area contributed by atoms with E-state index in [1.807, 2.05) is 0 Å². The van der Waals surface area contributed by atoms with E-state index in [1.165, 1.54) is 19.4 Å². The summed E-state index contributed by atoms with van der Waals surface area (Å²) < 4.78 is 0. The molecule has 0 aliphatic carbocycles. The molecule has 0 amide bonds. The molecule has 0 spiro atoms. The largest absolute Gasteiger partial charge is 0.311 e. The van der Waals surface area contributed by atoms with Crippen molar-refractivity contribution < 1.29 is 0 Å². The fraction of sp³-hybridized carbons (Fsp3) is 0.857. The molecule has 2 heteroatoms. The Morgan fingerprint density at radius 3 is 2.75 bits per heavy atom. The Balaban J connectivity index is 2.54. The first-order valence-electron chi connectivity index (χ1n) is 6.81. The highest BCUT2D eigenvalue weighted by Crippen LogP contribution is 2.16. The molecular weight excluding hydrogens is 196 g/mol. The van der Waals surface area contributed by atoms with Gasteiger partial charge in [0.1, 0.15) is 0 Å². The van der Waals surface area contributed by atoms with Crippen molar-refractivity contribution in [3.63, 3.8) is 0 Å². The Hall–Kier alpha value is -0.340. The zero-order valence-electron chi connectivity index (χ0n) is 11.4. The molecule has 3 atom stereocenters. The van der Waals surface area contributed by atoms with E-state index in [4.69, 9.17) is 0 Å². The number of hydrogen-bond acceptors (Lipinski definition) is 2. The van der Waals surface area contributed by atoms with Crippen molar-refractivity contribution in [2.75, 3.05) is 19.6 Å². The molecule has 1 heterocycles. The molecule has 1 fully saturated rings. The molecular formula is C14H28N2. The minimum Gasteiger partial charge on any atom is -0.311 e. The van der Waals surface area contributed by atoms with Crippen molar-refractivity contribution in [2.45, 2.75) is 52.6 Å². The molecule has 0 aromatic carbocycles. The topological polar surface area (TPSA) is 15.3 Å². The average molecular weight is 224 g/mol. The summed E-state index contributed by atoms with van der Waals surface area (Å²) in [5.74, 6) is 0.783. The highest BCUT2D eigenvalue weighted by molar-refractivity contribution is 4.92. The van der Waals surface area contributed by atoms with Crippen molar-refractivity contribution in [1.29, 1.82) is 0 Å². The number of piperazine rings is 1. The third-order valence-corrected chi connectivity index (χ3v) is 3.94. The van der Waals surface area contributed by atoms with Gasteiger partial charge in [-0.1, -0.05) is 39.3 Å². The third kappa shape index (κ3) is 3.60. The van der Waals surface area contributed by atoms with Gasteiger partial charge in [-0.3, -0.25) is 4.90 Å². The Morgan fingerprint density at radius 1 is 1.44 bits per heavy atom. The van der Waals surface area contributed by atoms with Gasteiger partial charge in [0.2, 0.25) is 0 Å². The summed E-state index contributed by atoms with van der Waals surface area (Å²) in [7, 11) is 0. The predicted octanol–water partition coefficient (Wildman–Crippen LogP) is 2.66. The maximum absolute atomic E-state index is 3.71. The maximum Gasteiger partial charge on any atom is 0.0222 e. The first kappa shape index (κ1) is 13.7. The van der Waals surface area contributed by atoms with Gasteiger partial charge in [-0.15, -0.1) is 0 Å². The molecule has 1 aliphatic rings. The Kier molecular flexibility index (Phi) is 6.07. The van der Waals surface area contributed by atoms with Crippen LogP contribution < -0.4 is 5.32 Å². The molecule has 0 bridgehead atoms. The van der Waals surface area contributed by atoms with E-state index in [2.05, 4.69) is 50.1 Å². The highest BCUT2D eigenvalue weighted by atomic mass is 15.2. The second kappa shape index (κ2) is 7.08. The standard InChI is InChI=1S/C14H28N2/c1-5-8-9-16-11-14(12(4)6-2)15-10-13(16)7-3/h5,8,12-15H,6-7,9-11H2,1-4H3/b8-5+. The zero-order valence-corrected chi connectivity index (χ0v) is 11.4. The van der Waals surface area contributed by atoms with Crippen LogP contribution in [0.15, 0.2) is 12.2 Å². The predicted molar refractivity (Wildman–Crippen MR) is 71.7 cm³/mol. The second-order valence-electron chi connectivity index (χ2n) is 4.99. The lowest BCUT2D eigenvalue weighted by atomic mass is 9.95. The minimum atomic E-state index is 0.679. The van der Waals surface area contributed by atoms with Crippen LogP contribution in [0.5, 0.6) is 0 Å². The molecule has 1 saturated heterocycles. The number of nitrogens with one attached hydrogen (secondary N) is 1. The molecule has 0 aromatic heterocycles. The molecule has 2 nitrogen and oxygen atoms in total. The van der Waals surface area contributed by atoms with Gasteiger partial charge >= 0.3 is 0 Å². The Morgan fingerprint density at radius 2 is 2.19 bits per heavy atom. The van der Waals surface area contributed by atoms with Crippen LogP contribution in [0.3, 0.4) is 0 Å². The van der Waals surface area contributed by atoms with Crippen LogP contribution in [0.4, 0.5) is 0 Å². The molecule has 3 unspecified atom stereocenters. The van der Waals surface area contributed by atoms with Crippen LogP contribution in [0.25, 0.3) is 0 Å².